The number of halogens is 1. The van der Waals surface area contributed by atoms with E-state index in [-0.39, 0.29) is 11.7 Å². The minimum Gasteiger partial charge on any atom is -0.495 e. The maximum atomic E-state index is 14.1. The first-order chi connectivity index (χ1) is 15.6. The molecule has 0 aliphatic rings. The van der Waals surface area contributed by atoms with Gasteiger partial charge in [0.15, 0.2) is 5.16 Å². The molecule has 1 N–H and O–H groups in total. The molecule has 164 valence electrons. The van der Waals surface area contributed by atoms with Gasteiger partial charge in [0.2, 0.25) is 5.91 Å². The van der Waals surface area contributed by atoms with Crippen LogP contribution in [0.2, 0.25) is 0 Å². The second kappa shape index (κ2) is 9.82. The van der Waals surface area contributed by atoms with Crippen molar-refractivity contribution in [1.82, 2.24) is 14.5 Å². The molecule has 0 saturated heterocycles. The number of benzene rings is 2. The molecule has 2 aromatic heterocycles. The fourth-order valence-corrected chi connectivity index (χ4v) is 4.58. The number of ether oxygens (including phenoxy) is 1. The van der Waals surface area contributed by atoms with Crippen molar-refractivity contribution >= 4 is 34.4 Å². The monoisotopic (exact) mass is 450 g/mol. The molecule has 1 atom stereocenters. The Bertz CT molecular complexity index is 1240. The van der Waals surface area contributed by atoms with Gasteiger partial charge in [-0.05, 0) is 36.2 Å². The lowest BCUT2D eigenvalue weighted by molar-refractivity contribution is -0.119. The van der Waals surface area contributed by atoms with Crippen molar-refractivity contribution in [2.24, 2.45) is 0 Å². The SMILES string of the molecule is CCC(C(=O)Nc1ccccc1OC)n1c(SCc2ccccc2F)nc2ccncc21. The number of methoxy groups -OCH3 is 1. The van der Waals surface area contributed by atoms with Crippen molar-refractivity contribution in [2.75, 3.05) is 12.4 Å². The molecule has 32 heavy (non-hydrogen) atoms. The Morgan fingerprint density at radius 1 is 1.19 bits per heavy atom. The third-order valence-corrected chi connectivity index (χ3v) is 6.14. The van der Waals surface area contributed by atoms with Crippen molar-refractivity contribution in [3.63, 3.8) is 0 Å². The number of anilines is 1. The van der Waals surface area contributed by atoms with Gasteiger partial charge in [-0.1, -0.05) is 49.0 Å². The summed E-state index contributed by atoms with van der Waals surface area (Å²) in [7, 11) is 1.56. The van der Waals surface area contributed by atoms with E-state index in [2.05, 4.69) is 10.3 Å². The molecule has 1 unspecified atom stereocenters. The Hall–Kier alpha value is -3.39. The average molecular weight is 451 g/mol. The van der Waals surface area contributed by atoms with Crippen LogP contribution >= 0.6 is 11.8 Å². The molecule has 2 heterocycles. The summed E-state index contributed by atoms with van der Waals surface area (Å²) in [5.41, 5.74) is 2.67. The number of amides is 1. The molecule has 0 spiro atoms. The molecule has 2 aromatic carbocycles. The third-order valence-electron chi connectivity index (χ3n) is 5.14. The summed E-state index contributed by atoms with van der Waals surface area (Å²) < 4.78 is 21.4. The smallest absolute Gasteiger partial charge is 0.247 e. The zero-order valence-electron chi connectivity index (χ0n) is 17.8. The van der Waals surface area contributed by atoms with Gasteiger partial charge in [-0.25, -0.2) is 9.37 Å². The van der Waals surface area contributed by atoms with Gasteiger partial charge in [0.25, 0.3) is 0 Å². The molecule has 0 aliphatic carbocycles. The number of rotatable bonds is 8. The van der Waals surface area contributed by atoms with Gasteiger partial charge in [-0.2, -0.15) is 0 Å². The van der Waals surface area contributed by atoms with Crippen LogP contribution in [0.1, 0.15) is 24.9 Å². The highest BCUT2D eigenvalue weighted by molar-refractivity contribution is 7.98. The summed E-state index contributed by atoms with van der Waals surface area (Å²) in [6, 6.07) is 15.2. The standard InChI is InChI=1S/C24H23FN4O2S/c1-3-20(23(30)27-19-10-6-7-11-22(19)31-2)29-21-14-26-13-12-18(21)28-24(29)32-15-16-8-4-5-9-17(16)25/h4-14,20H,3,15H2,1-2H3,(H,27,30). The second-order valence-electron chi connectivity index (χ2n) is 7.12. The molecular formula is C24H23FN4O2S. The summed E-state index contributed by atoms with van der Waals surface area (Å²) in [6.45, 7) is 1.94. The van der Waals surface area contributed by atoms with Gasteiger partial charge in [0.1, 0.15) is 17.6 Å². The van der Waals surface area contributed by atoms with Crippen LogP contribution in [-0.2, 0) is 10.5 Å². The van der Waals surface area contributed by atoms with Crippen LogP contribution in [0.5, 0.6) is 5.75 Å². The number of carbonyl (C=O) groups excluding carboxylic acids is 1. The highest BCUT2D eigenvalue weighted by Gasteiger charge is 2.25. The fourth-order valence-electron chi connectivity index (χ4n) is 3.53. The fraction of sp³-hybridized carbons (Fsp3) is 0.208. The van der Waals surface area contributed by atoms with Crippen molar-refractivity contribution < 1.29 is 13.9 Å². The summed E-state index contributed by atoms with van der Waals surface area (Å²) >= 11 is 1.39. The number of carbonyl (C=O) groups is 1. The van der Waals surface area contributed by atoms with Crippen LogP contribution in [0, 0.1) is 5.82 Å². The van der Waals surface area contributed by atoms with Crippen LogP contribution in [0.25, 0.3) is 11.0 Å². The number of nitrogens with one attached hydrogen (secondary N) is 1. The Morgan fingerprint density at radius 3 is 2.75 bits per heavy atom. The molecule has 1 amide bonds. The highest BCUT2D eigenvalue weighted by Crippen LogP contribution is 2.32. The van der Waals surface area contributed by atoms with Crippen LogP contribution in [-0.4, -0.2) is 27.6 Å². The minimum absolute atomic E-state index is 0.187. The lowest BCUT2D eigenvalue weighted by Gasteiger charge is -2.20. The van der Waals surface area contributed by atoms with Gasteiger partial charge in [-0.15, -0.1) is 0 Å². The largest absolute Gasteiger partial charge is 0.495 e. The van der Waals surface area contributed by atoms with E-state index >= 15 is 0 Å². The average Bonchev–Trinajstić information content (AvgIpc) is 3.18. The number of hydrogen-bond donors (Lipinski definition) is 1. The first kappa shape index (κ1) is 21.8. The van der Waals surface area contributed by atoms with E-state index in [4.69, 9.17) is 9.72 Å². The summed E-state index contributed by atoms with van der Waals surface area (Å²) in [5, 5.41) is 3.61. The van der Waals surface area contributed by atoms with Crippen LogP contribution in [0.4, 0.5) is 10.1 Å². The molecule has 0 radical (unpaired) electrons. The molecule has 0 bridgehead atoms. The van der Waals surface area contributed by atoms with E-state index in [0.29, 0.717) is 34.3 Å². The summed E-state index contributed by atoms with van der Waals surface area (Å²) in [6.07, 6.45) is 3.91. The number of imidazole rings is 1. The summed E-state index contributed by atoms with van der Waals surface area (Å²) in [4.78, 5) is 22.3. The van der Waals surface area contributed by atoms with Crippen LogP contribution in [0.15, 0.2) is 72.1 Å². The number of nitrogens with zero attached hydrogens (tertiary/aromatic N) is 3. The lowest BCUT2D eigenvalue weighted by Crippen LogP contribution is -2.26. The van der Waals surface area contributed by atoms with Gasteiger partial charge >= 0.3 is 0 Å². The van der Waals surface area contributed by atoms with Crippen molar-refractivity contribution in [1.29, 1.82) is 0 Å². The normalized spacial score (nSPS) is 12.0. The van der Waals surface area contributed by atoms with Gasteiger partial charge in [0.05, 0.1) is 30.0 Å². The van der Waals surface area contributed by atoms with E-state index < -0.39 is 6.04 Å². The van der Waals surface area contributed by atoms with Crippen LogP contribution < -0.4 is 10.1 Å². The van der Waals surface area contributed by atoms with Gasteiger partial charge in [-0.3, -0.25) is 9.78 Å². The zero-order chi connectivity index (χ0) is 22.5. The lowest BCUT2D eigenvalue weighted by atomic mass is 10.2. The first-order valence-electron chi connectivity index (χ1n) is 10.2. The Kier molecular flexibility index (Phi) is 6.70. The van der Waals surface area contributed by atoms with Crippen molar-refractivity contribution in [3.8, 4) is 5.75 Å². The molecule has 4 aromatic rings. The van der Waals surface area contributed by atoms with Crippen molar-refractivity contribution in [2.45, 2.75) is 30.3 Å². The summed E-state index contributed by atoms with van der Waals surface area (Å²) in [5.74, 6) is 0.536. The van der Waals surface area contributed by atoms with Gasteiger partial charge < -0.3 is 14.6 Å². The minimum atomic E-state index is -0.530. The molecule has 6 nitrogen and oxygen atoms in total. The van der Waals surface area contributed by atoms with E-state index in [1.807, 2.05) is 29.7 Å². The number of hydrogen-bond acceptors (Lipinski definition) is 5. The van der Waals surface area contributed by atoms with Crippen molar-refractivity contribution in [3.05, 3.63) is 78.4 Å². The number of thioether (sulfide) groups is 1. The Morgan fingerprint density at radius 2 is 1.97 bits per heavy atom. The molecular weight excluding hydrogens is 427 g/mol. The predicted octanol–water partition coefficient (Wildman–Crippen LogP) is 5.46. The highest BCUT2D eigenvalue weighted by atomic mass is 32.2. The Labute approximate surface area is 189 Å². The predicted molar refractivity (Wildman–Crippen MR) is 124 cm³/mol. The molecule has 4 rings (SSSR count). The van der Waals surface area contributed by atoms with E-state index in [1.165, 1.54) is 17.8 Å². The topological polar surface area (TPSA) is 69.0 Å². The number of aromatic nitrogens is 3. The maximum absolute atomic E-state index is 14.1. The van der Waals surface area contributed by atoms with E-state index in [0.717, 1.165) is 11.0 Å². The number of para-hydroxylation sites is 2. The third kappa shape index (κ3) is 4.45. The number of pyridine rings is 1. The second-order valence-corrected chi connectivity index (χ2v) is 8.06. The maximum Gasteiger partial charge on any atom is 0.247 e. The van der Waals surface area contributed by atoms with E-state index in [9.17, 15) is 9.18 Å². The molecule has 0 saturated carbocycles. The van der Waals surface area contributed by atoms with Gasteiger partial charge in [0, 0.05) is 11.9 Å². The molecule has 0 aliphatic heterocycles. The first-order valence-corrected chi connectivity index (χ1v) is 11.2. The molecule has 0 fully saturated rings. The number of fused-ring (bicyclic) bond motifs is 1. The molecule has 8 heteroatoms. The van der Waals surface area contributed by atoms with E-state index in [1.54, 1.807) is 49.8 Å². The zero-order valence-corrected chi connectivity index (χ0v) is 18.6. The quantitative estimate of drug-likeness (QED) is 0.361. The van der Waals surface area contributed by atoms with Crippen LogP contribution in [0.3, 0.4) is 0 Å². The Balaban J connectivity index is 1.68.